The highest BCUT2D eigenvalue weighted by atomic mass is 16.5. The predicted octanol–water partition coefficient (Wildman–Crippen LogP) is 2.38. The number of hydrogen-bond acceptors (Lipinski definition) is 5. The van der Waals surface area contributed by atoms with Crippen molar-refractivity contribution in [3.05, 3.63) is 53.6 Å². The molecule has 1 aliphatic rings. The first-order valence-electron chi connectivity index (χ1n) is 7.22. The zero-order valence-corrected chi connectivity index (χ0v) is 13.5. The fourth-order valence-electron chi connectivity index (χ4n) is 2.75. The van der Waals surface area contributed by atoms with Crippen LogP contribution in [0.3, 0.4) is 0 Å². The maximum atomic E-state index is 12.6. The molecule has 122 valence electrons. The molecule has 23 heavy (non-hydrogen) atoms. The van der Waals surface area contributed by atoms with Gasteiger partial charge in [-0.1, -0.05) is 43.0 Å². The van der Waals surface area contributed by atoms with Gasteiger partial charge in [0.15, 0.2) is 0 Å². The summed E-state index contributed by atoms with van der Waals surface area (Å²) in [5.74, 6) is -1.43. The van der Waals surface area contributed by atoms with Crippen molar-refractivity contribution in [1.82, 2.24) is 0 Å². The van der Waals surface area contributed by atoms with E-state index in [9.17, 15) is 9.59 Å². The maximum Gasteiger partial charge on any atom is 0.331 e. The second-order valence-corrected chi connectivity index (χ2v) is 5.29. The smallest absolute Gasteiger partial charge is 0.331 e. The quantitative estimate of drug-likeness (QED) is 0.487. The highest BCUT2D eigenvalue weighted by molar-refractivity contribution is 6.08. The summed E-state index contributed by atoms with van der Waals surface area (Å²) in [6.45, 7) is 5.76. The van der Waals surface area contributed by atoms with E-state index in [2.05, 4.69) is 6.58 Å². The van der Waals surface area contributed by atoms with Crippen LogP contribution in [-0.4, -0.2) is 38.9 Å². The molecule has 1 fully saturated rings. The molecular formula is C18H20O5. The molecule has 0 saturated carbocycles. The average molecular weight is 316 g/mol. The van der Waals surface area contributed by atoms with Crippen LogP contribution in [0.25, 0.3) is 6.08 Å². The first-order valence-corrected chi connectivity index (χ1v) is 7.22. The van der Waals surface area contributed by atoms with Gasteiger partial charge >= 0.3 is 11.9 Å². The summed E-state index contributed by atoms with van der Waals surface area (Å²) in [6, 6.07) is 9.35. The number of rotatable bonds is 3. The van der Waals surface area contributed by atoms with Crippen molar-refractivity contribution in [1.29, 1.82) is 0 Å². The first-order chi connectivity index (χ1) is 11.0. The Bertz CT molecular complexity index is 629. The van der Waals surface area contributed by atoms with E-state index >= 15 is 0 Å². The molecule has 1 atom stereocenters. The Morgan fingerprint density at radius 3 is 2.30 bits per heavy atom. The molecule has 0 spiro atoms. The summed E-state index contributed by atoms with van der Waals surface area (Å²) in [5, 5.41) is 0. The number of carbonyl (C=O) groups is 2. The van der Waals surface area contributed by atoms with Gasteiger partial charge in [0.2, 0.25) is 5.41 Å². The molecule has 1 aromatic rings. The lowest BCUT2D eigenvalue weighted by Crippen LogP contribution is -2.51. The Morgan fingerprint density at radius 1 is 1.22 bits per heavy atom. The molecule has 5 heteroatoms. The monoisotopic (exact) mass is 316 g/mol. The van der Waals surface area contributed by atoms with E-state index in [4.69, 9.17) is 14.2 Å². The zero-order valence-electron chi connectivity index (χ0n) is 13.5. The first kappa shape index (κ1) is 17.0. The summed E-state index contributed by atoms with van der Waals surface area (Å²) in [5.41, 5.74) is -0.0856. The van der Waals surface area contributed by atoms with Crippen molar-refractivity contribution >= 4 is 18.0 Å². The fourth-order valence-corrected chi connectivity index (χ4v) is 2.75. The molecule has 0 N–H and O–H groups in total. The van der Waals surface area contributed by atoms with E-state index in [1.807, 2.05) is 30.3 Å². The molecule has 5 nitrogen and oxygen atoms in total. The molecule has 1 heterocycles. The number of esters is 2. The minimum absolute atomic E-state index is 0.110. The van der Waals surface area contributed by atoms with Crippen LogP contribution in [0.4, 0.5) is 0 Å². The van der Waals surface area contributed by atoms with E-state index in [1.54, 1.807) is 13.0 Å². The number of carbonyl (C=O) groups excluding carboxylic acids is 2. The Labute approximate surface area is 135 Å². The second kappa shape index (κ2) is 6.79. The third-order valence-electron chi connectivity index (χ3n) is 4.07. The fraction of sp³-hybridized carbons (Fsp3) is 0.333. The molecule has 1 aliphatic heterocycles. The van der Waals surface area contributed by atoms with Crippen molar-refractivity contribution in [2.45, 2.75) is 13.0 Å². The molecule has 2 rings (SSSR count). The Morgan fingerprint density at radius 2 is 1.78 bits per heavy atom. The normalized spacial score (nSPS) is 21.8. The molecule has 0 radical (unpaired) electrons. The Hall–Kier alpha value is -2.40. The van der Waals surface area contributed by atoms with Crippen LogP contribution in [-0.2, 0) is 23.8 Å². The van der Waals surface area contributed by atoms with Gasteiger partial charge in [-0.2, -0.15) is 0 Å². The number of benzene rings is 1. The zero-order chi connectivity index (χ0) is 17.0. The van der Waals surface area contributed by atoms with E-state index in [0.717, 1.165) is 5.56 Å². The van der Waals surface area contributed by atoms with Crippen molar-refractivity contribution in [2.75, 3.05) is 20.8 Å². The molecular weight excluding hydrogens is 296 g/mol. The minimum Gasteiger partial charge on any atom is -0.468 e. The van der Waals surface area contributed by atoms with Gasteiger partial charge in [-0.05, 0) is 23.6 Å². The van der Waals surface area contributed by atoms with Gasteiger partial charge in [0, 0.05) is 0 Å². The van der Waals surface area contributed by atoms with Crippen LogP contribution < -0.4 is 0 Å². The van der Waals surface area contributed by atoms with Gasteiger partial charge in [0.05, 0.1) is 26.9 Å². The van der Waals surface area contributed by atoms with Crippen LogP contribution >= 0.6 is 0 Å². The van der Waals surface area contributed by atoms with Crippen LogP contribution in [0, 0.1) is 5.41 Å². The van der Waals surface area contributed by atoms with Gasteiger partial charge in [-0.3, -0.25) is 9.59 Å². The largest absolute Gasteiger partial charge is 0.468 e. The lowest BCUT2D eigenvalue weighted by molar-refractivity contribution is -0.166. The average Bonchev–Trinajstić information content (AvgIpc) is 2.58. The highest BCUT2D eigenvalue weighted by Gasteiger charge is 2.57. The molecule has 0 amide bonds. The van der Waals surface area contributed by atoms with Gasteiger partial charge in [0.1, 0.15) is 0 Å². The Kier molecular flexibility index (Phi) is 5.01. The standard InChI is InChI=1S/C18H20O5/c1-12-13(2)23-11-15(10-14-8-6-5-7-9-14)18(12,16(19)21-3)17(20)22-4/h5-10,13H,1,11H2,2-4H3/b15-10-. The second-order valence-electron chi connectivity index (χ2n) is 5.29. The van der Waals surface area contributed by atoms with E-state index < -0.39 is 23.5 Å². The number of methoxy groups -OCH3 is 2. The summed E-state index contributed by atoms with van der Waals surface area (Å²) in [6.07, 6.45) is 1.27. The van der Waals surface area contributed by atoms with Crippen molar-refractivity contribution in [3.8, 4) is 0 Å². The summed E-state index contributed by atoms with van der Waals surface area (Å²) in [4.78, 5) is 25.1. The lowest BCUT2D eigenvalue weighted by atomic mass is 9.70. The minimum atomic E-state index is -1.68. The van der Waals surface area contributed by atoms with E-state index in [0.29, 0.717) is 11.1 Å². The number of hydrogen-bond donors (Lipinski definition) is 0. The van der Waals surface area contributed by atoms with Gasteiger partial charge in [0.25, 0.3) is 0 Å². The highest BCUT2D eigenvalue weighted by Crippen LogP contribution is 2.44. The SMILES string of the molecule is C=C1C(C)OC/C(=C/c2ccccc2)C1(C(=O)OC)C(=O)OC. The summed E-state index contributed by atoms with van der Waals surface area (Å²) in [7, 11) is 2.47. The van der Waals surface area contributed by atoms with Crippen molar-refractivity contribution in [2.24, 2.45) is 5.41 Å². The van der Waals surface area contributed by atoms with Gasteiger partial charge < -0.3 is 14.2 Å². The topological polar surface area (TPSA) is 61.8 Å². The van der Waals surface area contributed by atoms with Gasteiger partial charge in [-0.15, -0.1) is 0 Å². The molecule has 0 aromatic heterocycles. The molecule has 1 saturated heterocycles. The van der Waals surface area contributed by atoms with Crippen LogP contribution in [0.2, 0.25) is 0 Å². The number of ether oxygens (including phenoxy) is 3. The third-order valence-corrected chi connectivity index (χ3v) is 4.07. The van der Waals surface area contributed by atoms with Crippen LogP contribution in [0.15, 0.2) is 48.1 Å². The van der Waals surface area contributed by atoms with E-state index in [-0.39, 0.29) is 6.61 Å². The van der Waals surface area contributed by atoms with Crippen LogP contribution in [0.1, 0.15) is 12.5 Å². The van der Waals surface area contributed by atoms with Gasteiger partial charge in [-0.25, -0.2) is 0 Å². The molecule has 1 aromatic carbocycles. The van der Waals surface area contributed by atoms with Crippen molar-refractivity contribution in [3.63, 3.8) is 0 Å². The van der Waals surface area contributed by atoms with Crippen molar-refractivity contribution < 1.29 is 23.8 Å². The maximum absolute atomic E-state index is 12.6. The summed E-state index contributed by atoms with van der Waals surface area (Å²) < 4.78 is 15.4. The lowest BCUT2D eigenvalue weighted by Gasteiger charge is -2.39. The molecule has 1 unspecified atom stereocenters. The third kappa shape index (κ3) is 2.80. The molecule has 0 aliphatic carbocycles. The van der Waals surface area contributed by atoms with E-state index in [1.165, 1.54) is 14.2 Å². The predicted molar refractivity (Wildman–Crippen MR) is 85.4 cm³/mol. The summed E-state index contributed by atoms with van der Waals surface area (Å²) >= 11 is 0. The molecule has 0 bridgehead atoms. The van der Waals surface area contributed by atoms with Crippen LogP contribution in [0.5, 0.6) is 0 Å². The Balaban J connectivity index is 2.66.